The monoisotopic (exact) mass is 931 g/mol. The van der Waals surface area contributed by atoms with Crippen molar-refractivity contribution < 1.29 is 8.83 Å². The SMILES string of the molecule is c1ccc(-c2nc3ccc(N(c4ccc5c(ccc6cc(N(c7ccc8c(c7)oc7ccccc78)c7ccc8sc9ccccc9c8c7)ccc65)c4)c4ccc5c(c4)oc4ccccc45)cc3s2)cc1. The second-order valence-electron chi connectivity index (χ2n) is 17.9. The normalized spacial score (nSPS) is 12.0. The fourth-order valence-corrected chi connectivity index (χ4v) is 12.6. The zero-order valence-electron chi connectivity index (χ0n) is 37.3. The summed E-state index contributed by atoms with van der Waals surface area (Å²) in [5.74, 6) is 0. The maximum absolute atomic E-state index is 6.46. The van der Waals surface area contributed by atoms with Crippen molar-refractivity contribution in [3.63, 3.8) is 0 Å². The third-order valence-electron chi connectivity index (χ3n) is 13.8. The fraction of sp³-hybridized carbons (Fsp3) is 0. The second kappa shape index (κ2) is 15.4. The van der Waals surface area contributed by atoms with E-state index in [4.69, 9.17) is 13.8 Å². The van der Waals surface area contributed by atoms with E-state index in [1.807, 2.05) is 41.7 Å². The summed E-state index contributed by atoms with van der Waals surface area (Å²) >= 11 is 3.56. The summed E-state index contributed by atoms with van der Waals surface area (Å²) in [4.78, 5) is 9.74. The predicted octanol–water partition coefficient (Wildman–Crippen LogP) is 19.4. The number of fused-ring (bicyclic) bond motifs is 13. The van der Waals surface area contributed by atoms with Gasteiger partial charge in [-0.1, -0.05) is 109 Å². The maximum Gasteiger partial charge on any atom is 0.137 e. The average molecular weight is 932 g/mol. The van der Waals surface area contributed by atoms with Crippen LogP contribution in [0.1, 0.15) is 0 Å². The van der Waals surface area contributed by atoms with E-state index < -0.39 is 0 Å². The predicted molar refractivity (Wildman–Crippen MR) is 297 cm³/mol. The molecule has 15 aromatic rings. The van der Waals surface area contributed by atoms with Crippen LogP contribution in [0.3, 0.4) is 0 Å². The molecule has 4 aromatic heterocycles. The highest BCUT2D eigenvalue weighted by Crippen LogP contribution is 2.46. The third kappa shape index (κ3) is 6.26. The fourth-order valence-electron chi connectivity index (χ4n) is 10.5. The Morgan fingerprint density at radius 1 is 0.300 bits per heavy atom. The first kappa shape index (κ1) is 39.3. The van der Waals surface area contributed by atoms with Crippen molar-refractivity contribution in [2.75, 3.05) is 9.80 Å². The van der Waals surface area contributed by atoms with Gasteiger partial charge in [-0.2, -0.15) is 0 Å². The largest absolute Gasteiger partial charge is 0.456 e. The Hall–Kier alpha value is -8.75. The van der Waals surface area contributed by atoms with Crippen LogP contribution in [-0.2, 0) is 0 Å². The van der Waals surface area contributed by atoms with Crippen LogP contribution in [-0.4, -0.2) is 4.98 Å². The molecule has 11 aromatic carbocycles. The van der Waals surface area contributed by atoms with Gasteiger partial charge in [-0.15, -0.1) is 22.7 Å². The molecule has 0 bridgehead atoms. The van der Waals surface area contributed by atoms with Crippen molar-refractivity contribution in [2.24, 2.45) is 0 Å². The van der Waals surface area contributed by atoms with Crippen molar-refractivity contribution in [3.8, 4) is 10.6 Å². The highest BCUT2D eigenvalue weighted by Gasteiger charge is 2.21. The van der Waals surface area contributed by atoms with Crippen molar-refractivity contribution >= 4 is 153 Å². The third-order valence-corrected chi connectivity index (χ3v) is 16.0. The van der Waals surface area contributed by atoms with E-state index in [1.165, 1.54) is 30.9 Å². The number of aromatic nitrogens is 1. The van der Waals surface area contributed by atoms with E-state index in [0.29, 0.717) is 0 Å². The molecule has 70 heavy (non-hydrogen) atoms. The summed E-state index contributed by atoms with van der Waals surface area (Å²) in [6, 6.07) is 80.5. The molecule has 7 heteroatoms. The first-order chi connectivity index (χ1) is 34.6. The van der Waals surface area contributed by atoms with Crippen LogP contribution in [0, 0.1) is 0 Å². The lowest BCUT2D eigenvalue weighted by Crippen LogP contribution is -2.10. The minimum Gasteiger partial charge on any atom is -0.456 e. The van der Waals surface area contributed by atoms with E-state index in [2.05, 4.69) is 204 Å². The van der Waals surface area contributed by atoms with Gasteiger partial charge in [0.25, 0.3) is 0 Å². The van der Waals surface area contributed by atoms with Gasteiger partial charge in [0.15, 0.2) is 0 Å². The van der Waals surface area contributed by atoms with E-state index in [-0.39, 0.29) is 0 Å². The molecule has 0 amide bonds. The first-order valence-corrected chi connectivity index (χ1v) is 25.0. The molecule has 4 heterocycles. The molecule has 328 valence electrons. The van der Waals surface area contributed by atoms with E-state index in [0.717, 1.165) is 110 Å². The molecule has 0 spiro atoms. The maximum atomic E-state index is 6.46. The van der Waals surface area contributed by atoms with Crippen LogP contribution in [0.4, 0.5) is 34.1 Å². The van der Waals surface area contributed by atoms with Crippen LogP contribution in [0.5, 0.6) is 0 Å². The Bertz CT molecular complexity index is 4580. The summed E-state index contributed by atoms with van der Waals surface area (Å²) < 4.78 is 16.6. The molecule has 5 nitrogen and oxygen atoms in total. The molecule has 0 aliphatic heterocycles. The molecule has 0 N–H and O–H groups in total. The van der Waals surface area contributed by atoms with Gasteiger partial charge >= 0.3 is 0 Å². The highest BCUT2D eigenvalue weighted by molar-refractivity contribution is 7.25. The number of rotatable bonds is 7. The summed E-state index contributed by atoms with van der Waals surface area (Å²) in [7, 11) is 0. The topological polar surface area (TPSA) is 45.7 Å². The van der Waals surface area contributed by atoms with Gasteiger partial charge in [-0.05, 0) is 125 Å². The Kier molecular flexibility index (Phi) is 8.63. The first-order valence-electron chi connectivity index (χ1n) is 23.4. The summed E-state index contributed by atoms with van der Waals surface area (Å²) in [5, 5.41) is 12.7. The molecule has 15 rings (SSSR count). The van der Waals surface area contributed by atoms with Crippen LogP contribution in [0.25, 0.3) is 106 Å². The summed E-state index contributed by atoms with van der Waals surface area (Å²) in [6.45, 7) is 0. The van der Waals surface area contributed by atoms with E-state index in [1.54, 1.807) is 11.3 Å². The zero-order valence-corrected chi connectivity index (χ0v) is 39.0. The van der Waals surface area contributed by atoms with Crippen molar-refractivity contribution in [3.05, 3.63) is 224 Å². The zero-order chi connectivity index (χ0) is 45.9. The van der Waals surface area contributed by atoms with Gasteiger partial charge in [0.1, 0.15) is 27.3 Å². The lowest BCUT2D eigenvalue weighted by molar-refractivity contribution is 0.668. The number of anilines is 6. The van der Waals surface area contributed by atoms with Crippen molar-refractivity contribution in [1.82, 2.24) is 4.98 Å². The van der Waals surface area contributed by atoms with Crippen LogP contribution < -0.4 is 9.80 Å². The van der Waals surface area contributed by atoms with Crippen LogP contribution in [0.2, 0.25) is 0 Å². The standard InChI is InChI=1S/C63H37N3O2S2/c1-2-10-38(11-3-1)63-64-55-30-24-46(37-62(55)70-63)66(45-23-29-52-50-13-5-8-16-57(50)68-59(52)36-45)42-21-27-48-40(33-42)19-18-39-32-41(20-26-47(39)48)65(43-25-31-61-54(34-43)53-14-6-9-17-60(53)69-61)44-22-28-51-49-12-4-7-15-56(49)67-58(51)35-44/h1-37H. The number of hydrogen-bond acceptors (Lipinski definition) is 7. The van der Waals surface area contributed by atoms with Gasteiger partial charge in [-0.3, -0.25) is 0 Å². The smallest absolute Gasteiger partial charge is 0.137 e. The molecule has 0 saturated carbocycles. The summed E-state index contributed by atoms with van der Waals surface area (Å²) in [5.41, 5.74) is 11.9. The van der Waals surface area contributed by atoms with Crippen molar-refractivity contribution in [2.45, 2.75) is 0 Å². The molecule has 0 aliphatic carbocycles. The molecule has 0 saturated heterocycles. The number of furan rings is 2. The van der Waals surface area contributed by atoms with Gasteiger partial charge in [0, 0.05) is 93.5 Å². The number of thiazole rings is 1. The van der Waals surface area contributed by atoms with Gasteiger partial charge in [0.2, 0.25) is 0 Å². The highest BCUT2D eigenvalue weighted by atomic mass is 32.1. The van der Waals surface area contributed by atoms with E-state index in [9.17, 15) is 0 Å². The van der Waals surface area contributed by atoms with Crippen molar-refractivity contribution in [1.29, 1.82) is 0 Å². The van der Waals surface area contributed by atoms with Gasteiger partial charge in [-0.25, -0.2) is 4.98 Å². The minimum atomic E-state index is 0.853. The number of para-hydroxylation sites is 2. The van der Waals surface area contributed by atoms with Gasteiger partial charge < -0.3 is 18.6 Å². The number of hydrogen-bond donors (Lipinski definition) is 0. The van der Waals surface area contributed by atoms with E-state index >= 15 is 0 Å². The average Bonchev–Trinajstić information content (AvgIpc) is 4.20. The summed E-state index contributed by atoms with van der Waals surface area (Å²) in [6.07, 6.45) is 0. The van der Waals surface area contributed by atoms with Gasteiger partial charge in [0.05, 0.1) is 10.2 Å². The molecular weight excluding hydrogens is 895 g/mol. The lowest BCUT2D eigenvalue weighted by Gasteiger charge is -2.27. The molecular formula is C63H37N3O2S2. The molecule has 0 fully saturated rings. The Morgan fingerprint density at radius 2 is 0.771 bits per heavy atom. The second-order valence-corrected chi connectivity index (χ2v) is 20.0. The number of thiophene rings is 1. The number of benzene rings is 11. The minimum absolute atomic E-state index is 0.853. The Labute approximate surface area is 408 Å². The lowest BCUT2D eigenvalue weighted by atomic mass is 9.99. The van der Waals surface area contributed by atoms with Crippen LogP contribution >= 0.6 is 22.7 Å². The molecule has 0 radical (unpaired) electrons. The van der Waals surface area contributed by atoms with Crippen LogP contribution in [0.15, 0.2) is 233 Å². The molecule has 0 unspecified atom stereocenters. The Morgan fingerprint density at radius 3 is 1.41 bits per heavy atom. The Balaban J connectivity index is 0.864. The quantitative estimate of drug-likeness (QED) is 0.149. The number of nitrogens with zero attached hydrogens (tertiary/aromatic N) is 3. The molecule has 0 atom stereocenters. The molecule has 0 aliphatic rings.